The van der Waals surface area contributed by atoms with E-state index in [2.05, 4.69) is 10.2 Å². The highest BCUT2D eigenvalue weighted by Gasteiger charge is 2.19. The molecule has 0 aromatic heterocycles. The van der Waals surface area contributed by atoms with Gasteiger partial charge >= 0.3 is 0 Å². The Morgan fingerprint density at radius 3 is 2.79 bits per heavy atom. The summed E-state index contributed by atoms with van der Waals surface area (Å²) in [5.41, 5.74) is -0.0393. The molecule has 0 aliphatic carbocycles. The number of carbonyl (C=O) groups excluding carboxylic acids is 1. The van der Waals surface area contributed by atoms with E-state index < -0.39 is 4.92 Å². The predicted octanol–water partition coefficient (Wildman–Crippen LogP) is 3.05. The van der Waals surface area contributed by atoms with Gasteiger partial charge in [-0.1, -0.05) is 24.0 Å². The van der Waals surface area contributed by atoms with Crippen LogP contribution in [0.5, 0.6) is 5.75 Å². The Kier molecular flexibility index (Phi) is 6.80. The van der Waals surface area contributed by atoms with Gasteiger partial charge in [-0.25, -0.2) is 0 Å². The second-order valence-corrected chi connectivity index (χ2v) is 6.78. The first kappa shape index (κ1) is 18.5. The van der Waals surface area contributed by atoms with E-state index in [0.29, 0.717) is 16.7 Å². The number of nitrogens with one attached hydrogen (secondary N) is 1. The van der Waals surface area contributed by atoms with Crippen molar-refractivity contribution in [3.8, 4) is 5.75 Å². The van der Waals surface area contributed by atoms with E-state index in [1.54, 1.807) is 13.0 Å². The third-order valence-electron chi connectivity index (χ3n) is 3.44. The highest BCUT2D eigenvalue weighted by molar-refractivity contribution is 8.23. The number of likely N-dealkylation sites (tertiary alicyclic amines) is 1. The third kappa shape index (κ3) is 5.07. The van der Waals surface area contributed by atoms with Gasteiger partial charge in [0, 0.05) is 13.1 Å². The molecule has 1 N–H and O–H groups in total. The molecule has 7 nitrogen and oxygen atoms in total. The minimum absolute atomic E-state index is 0.125. The van der Waals surface area contributed by atoms with Gasteiger partial charge in [-0.2, -0.15) is 0 Å². The molecular formula is C15H19N3O4S2. The van der Waals surface area contributed by atoms with Gasteiger partial charge in [0.15, 0.2) is 0 Å². The molecule has 9 heteroatoms. The quantitative estimate of drug-likeness (QED) is 0.469. The minimum atomic E-state index is -0.542. The second-order valence-electron chi connectivity index (χ2n) is 5.17. The zero-order valence-corrected chi connectivity index (χ0v) is 15.0. The Morgan fingerprint density at radius 2 is 2.17 bits per heavy atom. The van der Waals surface area contributed by atoms with Gasteiger partial charge in [-0.15, -0.1) is 0 Å². The molecule has 0 saturated carbocycles. The van der Waals surface area contributed by atoms with Crippen molar-refractivity contribution >= 4 is 45.6 Å². The van der Waals surface area contributed by atoms with Crippen LogP contribution < -0.4 is 10.1 Å². The van der Waals surface area contributed by atoms with E-state index in [4.69, 9.17) is 17.0 Å². The topological polar surface area (TPSA) is 84.7 Å². The molecule has 24 heavy (non-hydrogen) atoms. The standard InChI is InChI=1S/C15H19N3O4S2/c1-2-22-11-5-6-12(13(9-11)18(20)21)16-14(19)10-24-15(23)17-7-3-4-8-17/h5-6,9H,2-4,7-8,10H2,1H3,(H,16,19). The minimum Gasteiger partial charge on any atom is -0.494 e. The van der Waals surface area contributed by atoms with E-state index in [9.17, 15) is 14.9 Å². The van der Waals surface area contributed by atoms with Crippen molar-refractivity contribution in [2.24, 2.45) is 0 Å². The number of hydrogen-bond donors (Lipinski definition) is 1. The van der Waals surface area contributed by atoms with Crippen LogP contribution in [0.2, 0.25) is 0 Å². The largest absolute Gasteiger partial charge is 0.494 e. The summed E-state index contributed by atoms with van der Waals surface area (Å²) < 4.78 is 5.95. The fourth-order valence-electron chi connectivity index (χ4n) is 2.33. The number of nitrogens with zero attached hydrogens (tertiary/aromatic N) is 2. The number of hydrogen-bond acceptors (Lipinski definition) is 6. The molecular weight excluding hydrogens is 350 g/mol. The first-order valence-corrected chi connectivity index (χ1v) is 9.03. The Balaban J connectivity index is 1.95. The molecule has 1 aliphatic rings. The van der Waals surface area contributed by atoms with E-state index in [1.807, 2.05) is 0 Å². The number of thioether (sulfide) groups is 1. The van der Waals surface area contributed by atoms with Crippen LogP contribution >= 0.6 is 24.0 Å². The van der Waals surface area contributed by atoms with E-state index >= 15 is 0 Å². The molecule has 1 aromatic rings. The normalized spacial score (nSPS) is 13.6. The van der Waals surface area contributed by atoms with Crippen LogP contribution in [-0.4, -0.2) is 45.5 Å². The van der Waals surface area contributed by atoms with E-state index in [1.165, 1.54) is 23.9 Å². The van der Waals surface area contributed by atoms with Crippen molar-refractivity contribution in [1.29, 1.82) is 0 Å². The molecule has 1 heterocycles. The molecule has 0 radical (unpaired) electrons. The van der Waals surface area contributed by atoms with Gasteiger partial charge in [-0.3, -0.25) is 14.9 Å². The maximum atomic E-state index is 12.1. The molecule has 0 atom stereocenters. The number of anilines is 1. The maximum absolute atomic E-state index is 12.1. The predicted molar refractivity (Wildman–Crippen MR) is 98.8 cm³/mol. The SMILES string of the molecule is CCOc1ccc(NC(=O)CSC(=S)N2CCCC2)c([N+](=O)[O-])c1. The number of ether oxygens (including phenoxy) is 1. The molecule has 0 spiro atoms. The molecule has 1 fully saturated rings. The summed E-state index contributed by atoms with van der Waals surface area (Å²) >= 11 is 6.57. The molecule has 1 aromatic carbocycles. The van der Waals surface area contributed by atoms with Crippen LogP contribution in [0.1, 0.15) is 19.8 Å². The highest BCUT2D eigenvalue weighted by Crippen LogP contribution is 2.29. The van der Waals surface area contributed by atoms with E-state index in [-0.39, 0.29) is 23.0 Å². The highest BCUT2D eigenvalue weighted by atomic mass is 32.2. The summed E-state index contributed by atoms with van der Waals surface area (Å²) in [6.45, 7) is 4.06. The molecule has 1 aliphatic heterocycles. The Morgan fingerprint density at radius 1 is 1.46 bits per heavy atom. The summed E-state index contributed by atoms with van der Waals surface area (Å²) in [6.07, 6.45) is 2.23. The zero-order chi connectivity index (χ0) is 17.5. The first-order valence-electron chi connectivity index (χ1n) is 7.64. The lowest BCUT2D eigenvalue weighted by Gasteiger charge is -2.17. The van der Waals surface area contributed by atoms with Gasteiger partial charge in [0.2, 0.25) is 5.91 Å². The average molecular weight is 369 g/mol. The van der Waals surface area contributed by atoms with Crippen molar-refractivity contribution in [3.63, 3.8) is 0 Å². The molecule has 1 saturated heterocycles. The molecule has 0 unspecified atom stereocenters. The van der Waals surface area contributed by atoms with Gasteiger partial charge in [0.25, 0.3) is 5.69 Å². The number of nitro groups is 1. The summed E-state index contributed by atoms with van der Waals surface area (Å²) in [5, 5.41) is 13.7. The molecule has 2 rings (SSSR count). The molecule has 0 bridgehead atoms. The Labute approximate surface area is 149 Å². The van der Waals surface area contributed by atoms with Gasteiger partial charge < -0.3 is 15.0 Å². The molecule has 1 amide bonds. The van der Waals surface area contributed by atoms with Crippen LogP contribution in [0.15, 0.2) is 18.2 Å². The van der Waals surface area contributed by atoms with Gasteiger partial charge in [-0.05, 0) is 31.9 Å². The zero-order valence-electron chi connectivity index (χ0n) is 13.3. The third-order valence-corrected chi connectivity index (χ3v) is 4.97. The summed E-state index contributed by atoms with van der Waals surface area (Å²) in [4.78, 5) is 24.8. The van der Waals surface area contributed by atoms with Crippen molar-refractivity contribution in [2.45, 2.75) is 19.8 Å². The number of benzene rings is 1. The van der Waals surface area contributed by atoms with Crippen LogP contribution in [0.3, 0.4) is 0 Å². The van der Waals surface area contributed by atoms with Crippen LogP contribution in [0.4, 0.5) is 11.4 Å². The summed E-state index contributed by atoms with van der Waals surface area (Å²) in [6, 6.07) is 4.37. The fraction of sp³-hybridized carbons (Fsp3) is 0.467. The number of amides is 1. The number of rotatable bonds is 6. The summed E-state index contributed by atoms with van der Waals surface area (Å²) in [5.74, 6) is 0.195. The monoisotopic (exact) mass is 369 g/mol. The Hall–Kier alpha value is -1.87. The lowest BCUT2D eigenvalue weighted by atomic mass is 10.2. The van der Waals surface area contributed by atoms with Crippen molar-refractivity contribution < 1.29 is 14.5 Å². The lowest BCUT2D eigenvalue weighted by molar-refractivity contribution is -0.384. The number of thiocarbonyl (C=S) groups is 1. The van der Waals surface area contributed by atoms with Crippen molar-refractivity contribution in [2.75, 3.05) is 30.8 Å². The summed E-state index contributed by atoms with van der Waals surface area (Å²) in [7, 11) is 0. The van der Waals surface area contributed by atoms with Crippen molar-refractivity contribution in [1.82, 2.24) is 4.90 Å². The Bertz CT molecular complexity index is 633. The number of carbonyl (C=O) groups is 1. The van der Waals surface area contributed by atoms with Gasteiger partial charge in [0.05, 0.1) is 23.3 Å². The second kappa shape index (κ2) is 8.84. The first-order chi connectivity index (χ1) is 11.5. The lowest BCUT2D eigenvalue weighted by Crippen LogP contribution is -2.25. The maximum Gasteiger partial charge on any atom is 0.296 e. The van der Waals surface area contributed by atoms with Gasteiger partial charge in [0.1, 0.15) is 15.8 Å². The van der Waals surface area contributed by atoms with Crippen LogP contribution in [-0.2, 0) is 4.79 Å². The molecule has 130 valence electrons. The van der Waals surface area contributed by atoms with Crippen LogP contribution in [0, 0.1) is 10.1 Å². The fourth-order valence-corrected chi connectivity index (χ4v) is 3.38. The van der Waals surface area contributed by atoms with Crippen LogP contribution in [0.25, 0.3) is 0 Å². The van der Waals surface area contributed by atoms with Crippen molar-refractivity contribution in [3.05, 3.63) is 28.3 Å². The number of nitro benzene ring substituents is 1. The van der Waals surface area contributed by atoms with E-state index in [0.717, 1.165) is 25.9 Å². The smallest absolute Gasteiger partial charge is 0.296 e. The average Bonchev–Trinajstić information content (AvgIpc) is 3.08.